The fourth-order valence-corrected chi connectivity index (χ4v) is 6.34. The van der Waals surface area contributed by atoms with Crippen LogP contribution in [0.1, 0.15) is 61.1 Å². The molecule has 8 nitrogen and oxygen atoms in total. The summed E-state index contributed by atoms with van der Waals surface area (Å²) in [6, 6.07) is 21.4. The van der Waals surface area contributed by atoms with Gasteiger partial charge < -0.3 is 15.6 Å². The molecule has 0 unspecified atom stereocenters. The van der Waals surface area contributed by atoms with Crippen LogP contribution in [0.3, 0.4) is 0 Å². The number of nitrogens with zero attached hydrogens (tertiary/aromatic N) is 3. The van der Waals surface area contributed by atoms with Gasteiger partial charge in [0.05, 0.1) is 11.4 Å². The van der Waals surface area contributed by atoms with Crippen molar-refractivity contribution >= 4 is 42.4 Å². The maximum Gasteiger partial charge on any atom is 0.259 e. The van der Waals surface area contributed by atoms with E-state index in [0.717, 1.165) is 53.6 Å². The standard InChI is InChI=1S/C35H38BCl2N6O2/c1-21-7-5-9-26(17-21)34-41-32(33(25-8-6-10-28(37)18-25)44(34)31-19-29(38)14-11-22(31)2)35(46)42-36-27-12-15-30(16-13-27)43(39)20-23(3)40-24(4)45/h5-11,14,17-20,27,30H,12-13,15-16,39H2,1-4H3,(H,40,45)(H,42,46)/b23-20+. The molecule has 237 valence electrons. The summed E-state index contributed by atoms with van der Waals surface area (Å²) >= 11 is 13.0. The number of hydrogen-bond acceptors (Lipinski definition) is 5. The topological polar surface area (TPSA) is 105 Å². The van der Waals surface area contributed by atoms with Crippen LogP contribution >= 0.6 is 23.2 Å². The highest BCUT2D eigenvalue weighted by Gasteiger charge is 2.29. The molecule has 1 aliphatic rings. The average Bonchev–Trinajstić information content (AvgIpc) is 3.41. The summed E-state index contributed by atoms with van der Waals surface area (Å²) in [5.74, 6) is 6.66. The van der Waals surface area contributed by atoms with Crippen molar-refractivity contribution in [1.82, 2.24) is 25.1 Å². The molecular formula is C35H38BCl2N6O2. The molecule has 0 spiro atoms. The predicted octanol–water partition coefficient (Wildman–Crippen LogP) is 7.38. The number of hydrogen-bond donors (Lipinski definition) is 3. The molecule has 1 fully saturated rings. The lowest BCUT2D eigenvalue weighted by Gasteiger charge is -2.33. The van der Waals surface area contributed by atoms with Crippen molar-refractivity contribution < 1.29 is 9.59 Å². The lowest BCUT2D eigenvalue weighted by molar-refractivity contribution is -0.118. The zero-order valence-corrected chi connectivity index (χ0v) is 28.0. The highest BCUT2D eigenvalue weighted by atomic mass is 35.5. The minimum absolute atomic E-state index is 0.131. The van der Waals surface area contributed by atoms with E-state index in [2.05, 4.69) is 16.6 Å². The first-order valence-electron chi connectivity index (χ1n) is 15.4. The number of aryl methyl sites for hydroxylation is 2. The van der Waals surface area contributed by atoms with Crippen LogP contribution < -0.4 is 16.4 Å². The molecule has 0 saturated heterocycles. The van der Waals surface area contributed by atoms with Gasteiger partial charge >= 0.3 is 0 Å². The Morgan fingerprint density at radius 2 is 1.65 bits per heavy atom. The van der Waals surface area contributed by atoms with Crippen molar-refractivity contribution in [2.24, 2.45) is 5.84 Å². The monoisotopic (exact) mass is 655 g/mol. The van der Waals surface area contributed by atoms with Gasteiger partial charge in [-0.2, -0.15) is 0 Å². The zero-order valence-electron chi connectivity index (χ0n) is 26.5. The van der Waals surface area contributed by atoms with Gasteiger partial charge in [0.15, 0.2) is 5.69 Å². The molecule has 46 heavy (non-hydrogen) atoms. The number of hydrazine groups is 1. The molecule has 1 saturated carbocycles. The molecular weight excluding hydrogens is 618 g/mol. The number of nitrogens with one attached hydrogen (secondary N) is 2. The number of halogens is 2. The Labute approximate surface area is 281 Å². The first-order valence-corrected chi connectivity index (χ1v) is 16.1. The summed E-state index contributed by atoms with van der Waals surface area (Å²) in [4.78, 5) is 30.4. The predicted molar refractivity (Wildman–Crippen MR) is 187 cm³/mol. The molecule has 4 aromatic rings. The summed E-state index contributed by atoms with van der Waals surface area (Å²) in [5.41, 5.74) is 6.11. The van der Waals surface area contributed by atoms with Crippen LogP contribution in [0.2, 0.25) is 15.9 Å². The number of allylic oxidation sites excluding steroid dienone is 1. The van der Waals surface area contributed by atoms with Gasteiger partial charge in [-0.3, -0.25) is 14.2 Å². The summed E-state index contributed by atoms with van der Waals surface area (Å²) < 4.78 is 2.01. The Morgan fingerprint density at radius 1 is 0.957 bits per heavy atom. The minimum Gasteiger partial charge on any atom is -0.398 e. The summed E-state index contributed by atoms with van der Waals surface area (Å²) in [6.45, 7) is 7.32. The summed E-state index contributed by atoms with van der Waals surface area (Å²) in [5, 5.41) is 8.62. The van der Waals surface area contributed by atoms with Crippen molar-refractivity contribution in [2.45, 2.75) is 65.2 Å². The molecule has 1 aromatic heterocycles. The lowest BCUT2D eigenvalue weighted by atomic mass is 9.66. The van der Waals surface area contributed by atoms with E-state index in [4.69, 9.17) is 34.0 Å². The van der Waals surface area contributed by atoms with Crippen LogP contribution in [0.4, 0.5) is 0 Å². The van der Waals surface area contributed by atoms with Gasteiger partial charge in [0.1, 0.15) is 5.82 Å². The van der Waals surface area contributed by atoms with E-state index >= 15 is 0 Å². The third-order valence-electron chi connectivity index (χ3n) is 8.21. The second-order valence-electron chi connectivity index (χ2n) is 11.9. The molecule has 1 aliphatic carbocycles. The van der Waals surface area contributed by atoms with Crippen molar-refractivity contribution in [3.05, 3.63) is 105 Å². The number of benzene rings is 3. The van der Waals surface area contributed by atoms with E-state index in [0.29, 0.717) is 27.3 Å². The molecule has 0 aliphatic heterocycles. The van der Waals surface area contributed by atoms with E-state index in [1.807, 2.05) is 87.4 Å². The molecule has 5 rings (SSSR count). The van der Waals surface area contributed by atoms with Gasteiger partial charge in [-0.25, -0.2) is 10.8 Å². The van der Waals surface area contributed by atoms with Crippen molar-refractivity contribution in [3.8, 4) is 28.3 Å². The molecule has 0 bridgehead atoms. The van der Waals surface area contributed by atoms with E-state index < -0.39 is 0 Å². The smallest absolute Gasteiger partial charge is 0.259 e. The van der Waals surface area contributed by atoms with Gasteiger partial charge in [-0.1, -0.05) is 78.0 Å². The van der Waals surface area contributed by atoms with E-state index in [9.17, 15) is 9.59 Å². The van der Waals surface area contributed by atoms with Gasteiger partial charge in [0.25, 0.3) is 5.91 Å². The van der Waals surface area contributed by atoms with Gasteiger partial charge in [0, 0.05) is 46.0 Å². The van der Waals surface area contributed by atoms with Crippen molar-refractivity contribution in [2.75, 3.05) is 0 Å². The van der Waals surface area contributed by atoms with Crippen LogP contribution in [0.15, 0.2) is 78.6 Å². The highest BCUT2D eigenvalue weighted by Crippen LogP contribution is 2.37. The van der Waals surface area contributed by atoms with Crippen LogP contribution in [-0.2, 0) is 4.79 Å². The maximum absolute atomic E-state index is 14.0. The van der Waals surface area contributed by atoms with Crippen molar-refractivity contribution in [3.63, 3.8) is 0 Å². The van der Waals surface area contributed by atoms with Crippen LogP contribution in [0, 0.1) is 13.8 Å². The number of imidazole rings is 1. The third-order valence-corrected chi connectivity index (χ3v) is 8.68. The second kappa shape index (κ2) is 14.6. The Balaban J connectivity index is 1.46. The first kappa shape index (κ1) is 33.3. The number of amides is 2. The molecule has 3 aromatic carbocycles. The third kappa shape index (κ3) is 7.84. The number of nitrogens with two attached hydrogens (primary N) is 1. The Morgan fingerprint density at radius 3 is 2.35 bits per heavy atom. The Kier molecular flexibility index (Phi) is 10.6. The number of aromatic nitrogens is 2. The fourth-order valence-electron chi connectivity index (χ4n) is 5.98. The SMILES string of the molecule is CC(=O)N/C(C)=C/N(N)C1CCC([B]NC(=O)c2nc(-c3cccc(C)c3)n(-c3cc(Cl)ccc3C)c2-c2cccc(Cl)c2)CC1. The van der Waals surface area contributed by atoms with Crippen molar-refractivity contribution in [1.29, 1.82) is 0 Å². The van der Waals surface area contributed by atoms with Crippen LogP contribution in [0.5, 0.6) is 0 Å². The zero-order chi connectivity index (χ0) is 33.0. The number of carbonyl (C=O) groups excluding carboxylic acids is 2. The van der Waals surface area contributed by atoms with Gasteiger partial charge in [0.2, 0.25) is 13.3 Å². The lowest BCUT2D eigenvalue weighted by Crippen LogP contribution is -2.41. The normalized spacial score (nSPS) is 16.5. The minimum atomic E-state index is -0.307. The number of carbonyl (C=O) groups is 2. The largest absolute Gasteiger partial charge is 0.398 e. The summed E-state index contributed by atoms with van der Waals surface area (Å²) in [7, 11) is 1.88. The Hall–Kier alpha value is -4.05. The number of rotatable bonds is 9. The first-order chi connectivity index (χ1) is 22.0. The van der Waals surface area contributed by atoms with Gasteiger partial charge in [-0.15, -0.1) is 0 Å². The molecule has 4 N–H and O–H groups in total. The quantitative estimate of drug-likeness (QED) is 0.0991. The molecule has 1 radical (unpaired) electrons. The highest BCUT2D eigenvalue weighted by molar-refractivity contribution is 6.40. The second-order valence-corrected chi connectivity index (χ2v) is 12.8. The van der Waals surface area contributed by atoms with Crippen LogP contribution in [0.25, 0.3) is 28.3 Å². The molecule has 11 heteroatoms. The van der Waals surface area contributed by atoms with Crippen LogP contribution in [-0.4, -0.2) is 39.8 Å². The fraction of sp³-hybridized carbons (Fsp3) is 0.286. The van der Waals surface area contributed by atoms with E-state index in [1.165, 1.54) is 6.92 Å². The maximum atomic E-state index is 14.0. The average molecular weight is 656 g/mol. The van der Waals surface area contributed by atoms with E-state index in [-0.39, 0.29) is 29.4 Å². The molecule has 0 atom stereocenters. The summed E-state index contributed by atoms with van der Waals surface area (Å²) in [6.07, 6.45) is 5.19. The molecule has 1 heterocycles. The molecule has 2 amide bonds. The van der Waals surface area contributed by atoms with Gasteiger partial charge in [-0.05, 0) is 75.3 Å². The van der Waals surface area contributed by atoms with E-state index in [1.54, 1.807) is 17.3 Å². The Bertz CT molecular complexity index is 1780.